The number of hydrogen-bond donors (Lipinski definition) is 0. The van der Waals surface area contributed by atoms with Gasteiger partial charge in [-0.3, -0.25) is 4.98 Å². The third kappa shape index (κ3) is 2.80. The van der Waals surface area contributed by atoms with E-state index in [1.165, 1.54) is 0 Å². The molecule has 1 heterocycles. The molecule has 3 heteroatoms. The van der Waals surface area contributed by atoms with E-state index in [0.717, 1.165) is 5.69 Å². The lowest BCUT2D eigenvalue weighted by molar-refractivity contribution is 0.643. The van der Waals surface area contributed by atoms with Crippen LogP contribution in [0.1, 0.15) is 0 Å². The average molecular weight is 149 g/mol. The summed E-state index contributed by atoms with van der Waals surface area (Å²) in [6.07, 6.45) is 5.20. The Kier molecular flexibility index (Phi) is 2.60. The van der Waals surface area contributed by atoms with Gasteiger partial charge in [0.15, 0.2) is 0 Å². The molecule has 0 bridgehead atoms. The number of aromatic nitrogens is 1. The largest absolute Gasteiger partial charge is 0.369 e. The van der Waals surface area contributed by atoms with E-state index in [-0.39, 0.29) is 0 Å². The predicted molar refractivity (Wildman–Crippen MR) is 46.1 cm³/mol. The molecule has 1 aromatic heterocycles. The number of aliphatic imine (C=N–C) groups is 1. The Bertz CT molecular complexity index is 228. The van der Waals surface area contributed by atoms with E-state index >= 15 is 0 Å². The molecule has 0 spiro atoms. The molecule has 0 atom stereocenters. The van der Waals surface area contributed by atoms with Gasteiger partial charge in [-0.1, -0.05) is 0 Å². The summed E-state index contributed by atoms with van der Waals surface area (Å²) in [6, 6.07) is 3.77. The fourth-order valence-corrected chi connectivity index (χ4v) is 0.612. The highest BCUT2D eigenvalue weighted by molar-refractivity contribution is 5.59. The lowest BCUT2D eigenvalue weighted by Gasteiger charge is -2.01. The van der Waals surface area contributed by atoms with Crippen LogP contribution in [0.5, 0.6) is 0 Å². The van der Waals surface area contributed by atoms with Gasteiger partial charge in [0.25, 0.3) is 0 Å². The lowest BCUT2D eigenvalue weighted by Crippen LogP contribution is -2.06. The zero-order valence-electron chi connectivity index (χ0n) is 6.73. The second kappa shape index (κ2) is 3.71. The summed E-state index contributed by atoms with van der Waals surface area (Å²) in [5, 5.41) is 0. The number of hydrogen-bond acceptors (Lipinski definition) is 2. The molecule has 0 radical (unpaired) electrons. The van der Waals surface area contributed by atoms with Crippen LogP contribution in [0.25, 0.3) is 0 Å². The summed E-state index contributed by atoms with van der Waals surface area (Å²) in [5.41, 5.74) is 0.876. The normalized spacial score (nSPS) is 10.4. The molecule has 0 saturated carbocycles. The summed E-state index contributed by atoms with van der Waals surface area (Å²) >= 11 is 0. The monoisotopic (exact) mass is 149 g/mol. The Labute approximate surface area is 66.4 Å². The highest BCUT2D eigenvalue weighted by Gasteiger charge is 1.83. The molecule has 0 aliphatic heterocycles. The van der Waals surface area contributed by atoms with Crippen molar-refractivity contribution < 1.29 is 0 Å². The smallest absolute Gasteiger partial charge is 0.0907 e. The SMILES string of the molecule is CN(C)C=Nc1cccnc1. The van der Waals surface area contributed by atoms with Gasteiger partial charge in [-0.05, 0) is 12.1 Å². The first kappa shape index (κ1) is 7.72. The third-order valence-electron chi connectivity index (χ3n) is 1.08. The Hall–Kier alpha value is -1.38. The zero-order chi connectivity index (χ0) is 8.10. The second-order valence-corrected chi connectivity index (χ2v) is 2.42. The third-order valence-corrected chi connectivity index (χ3v) is 1.08. The molecule has 0 aliphatic rings. The van der Waals surface area contributed by atoms with Crippen molar-refractivity contribution in [1.29, 1.82) is 0 Å². The Morgan fingerprint density at radius 1 is 1.55 bits per heavy atom. The van der Waals surface area contributed by atoms with Gasteiger partial charge in [0.2, 0.25) is 0 Å². The van der Waals surface area contributed by atoms with Crippen molar-refractivity contribution in [3.8, 4) is 0 Å². The summed E-state index contributed by atoms with van der Waals surface area (Å²) in [7, 11) is 3.86. The van der Waals surface area contributed by atoms with Crippen LogP contribution in [-0.2, 0) is 0 Å². The van der Waals surface area contributed by atoms with Crippen molar-refractivity contribution in [2.45, 2.75) is 0 Å². The molecular weight excluding hydrogens is 138 g/mol. The van der Waals surface area contributed by atoms with E-state index in [1.54, 1.807) is 18.7 Å². The fourth-order valence-electron chi connectivity index (χ4n) is 0.612. The zero-order valence-corrected chi connectivity index (χ0v) is 6.73. The molecule has 1 rings (SSSR count). The van der Waals surface area contributed by atoms with Crippen LogP contribution < -0.4 is 0 Å². The highest BCUT2D eigenvalue weighted by Crippen LogP contribution is 2.05. The molecule has 0 unspecified atom stereocenters. The minimum atomic E-state index is 0.876. The second-order valence-electron chi connectivity index (χ2n) is 2.42. The van der Waals surface area contributed by atoms with Gasteiger partial charge < -0.3 is 4.90 Å². The molecule has 0 aliphatic carbocycles. The topological polar surface area (TPSA) is 28.5 Å². The van der Waals surface area contributed by atoms with Gasteiger partial charge in [-0.2, -0.15) is 0 Å². The van der Waals surface area contributed by atoms with Crippen molar-refractivity contribution in [2.24, 2.45) is 4.99 Å². The average Bonchev–Trinajstić information content (AvgIpc) is 2.03. The quantitative estimate of drug-likeness (QED) is 0.468. The minimum Gasteiger partial charge on any atom is -0.369 e. The van der Waals surface area contributed by atoms with E-state index in [4.69, 9.17) is 0 Å². The standard InChI is InChI=1S/C8H11N3/c1-11(2)7-10-8-4-3-5-9-6-8/h3-7H,1-2H3. The molecule has 0 fully saturated rings. The predicted octanol–water partition coefficient (Wildman–Crippen LogP) is 1.30. The number of rotatable bonds is 2. The Morgan fingerprint density at radius 3 is 2.91 bits per heavy atom. The first-order chi connectivity index (χ1) is 5.29. The lowest BCUT2D eigenvalue weighted by atomic mass is 10.4. The molecule has 58 valence electrons. The first-order valence-corrected chi connectivity index (χ1v) is 3.39. The number of nitrogens with zero attached hydrogens (tertiary/aromatic N) is 3. The maximum absolute atomic E-state index is 4.14. The fraction of sp³-hybridized carbons (Fsp3) is 0.250. The van der Waals surface area contributed by atoms with Crippen molar-refractivity contribution >= 4 is 12.0 Å². The van der Waals surface area contributed by atoms with Crippen molar-refractivity contribution in [3.05, 3.63) is 24.5 Å². The van der Waals surface area contributed by atoms with Gasteiger partial charge in [0.1, 0.15) is 0 Å². The van der Waals surface area contributed by atoms with Crippen LogP contribution in [-0.4, -0.2) is 30.3 Å². The van der Waals surface area contributed by atoms with Crippen LogP contribution in [0.2, 0.25) is 0 Å². The van der Waals surface area contributed by atoms with Gasteiger partial charge in [-0.25, -0.2) is 4.99 Å². The van der Waals surface area contributed by atoms with Crippen molar-refractivity contribution in [1.82, 2.24) is 9.88 Å². The molecule has 0 saturated heterocycles. The summed E-state index contributed by atoms with van der Waals surface area (Å²) in [5.74, 6) is 0. The van der Waals surface area contributed by atoms with Crippen LogP contribution in [0.15, 0.2) is 29.5 Å². The first-order valence-electron chi connectivity index (χ1n) is 3.39. The molecule has 11 heavy (non-hydrogen) atoms. The maximum Gasteiger partial charge on any atom is 0.0907 e. The van der Waals surface area contributed by atoms with E-state index < -0.39 is 0 Å². The van der Waals surface area contributed by atoms with E-state index in [9.17, 15) is 0 Å². The van der Waals surface area contributed by atoms with E-state index in [1.807, 2.05) is 31.1 Å². The van der Waals surface area contributed by atoms with Crippen LogP contribution in [0.4, 0.5) is 5.69 Å². The van der Waals surface area contributed by atoms with Crippen molar-refractivity contribution in [2.75, 3.05) is 14.1 Å². The van der Waals surface area contributed by atoms with E-state index in [2.05, 4.69) is 9.98 Å². The van der Waals surface area contributed by atoms with Gasteiger partial charge >= 0.3 is 0 Å². The molecule has 0 amide bonds. The molecule has 1 aromatic rings. The molecule has 0 aromatic carbocycles. The highest BCUT2D eigenvalue weighted by atomic mass is 15.1. The summed E-state index contributed by atoms with van der Waals surface area (Å²) in [4.78, 5) is 9.96. The molecule has 3 nitrogen and oxygen atoms in total. The maximum atomic E-state index is 4.14. The van der Waals surface area contributed by atoms with Crippen LogP contribution in [0, 0.1) is 0 Å². The van der Waals surface area contributed by atoms with E-state index in [0.29, 0.717) is 0 Å². The van der Waals surface area contributed by atoms with Gasteiger partial charge in [0, 0.05) is 20.3 Å². The van der Waals surface area contributed by atoms with Crippen molar-refractivity contribution in [3.63, 3.8) is 0 Å². The minimum absolute atomic E-state index is 0.876. The Balaban J connectivity index is 2.65. The Morgan fingerprint density at radius 2 is 2.36 bits per heavy atom. The molecule has 0 N–H and O–H groups in total. The van der Waals surface area contributed by atoms with Crippen LogP contribution >= 0.6 is 0 Å². The van der Waals surface area contributed by atoms with Gasteiger partial charge in [0.05, 0.1) is 18.2 Å². The summed E-state index contributed by atoms with van der Waals surface area (Å²) in [6.45, 7) is 0. The molecular formula is C8H11N3. The number of pyridine rings is 1. The summed E-state index contributed by atoms with van der Waals surface area (Å²) < 4.78 is 0. The van der Waals surface area contributed by atoms with Crippen LogP contribution in [0.3, 0.4) is 0 Å². The van der Waals surface area contributed by atoms with Gasteiger partial charge in [-0.15, -0.1) is 0 Å².